The molecule has 4 rings (SSSR count). The van der Waals surface area contributed by atoms with E-state index in [1.807, 2.05) is 30.3 Å². The molecule has 3 aromatic rings. The summed E-state index contributed by atoms with van der Waals surface area (Å²) < 4.78 is 6.81. The molecule has 0 radical (unpaired) electrons. The standard InChI is InChI=1S/C19H20N4O3/c24-18-12-16(21-17-6-9-20-23(17)18)15-7-10-22(11-8-15)19(25)26-13-14-4-2-1-3-5-14/h1-6,9,12,15,20H,7-8,10-11,13H2. The molecular weight excluding hydrogens is 332 g/mol. The monoisotopic (exact) mass is 352 g/mol. The van der Waals surface area contributed by atoms with E-state index >= 15 is 0 Å². The summed E-state index contributed by atoms with van der Waals surface area (Å²) in [5.41, 5.74) is 2.28. The molecule has 0 aliphatic carbocycles. The lowest BCUT2D eigenvalue weighted by molar-refractivity contribution is 0.0868. The first-order valence-corrected chi connectivity index (χ1v) is 8.73. The van der Waals surface area contributed by atoms with Crippen molar-refractivity contribution in [1.82, 2.24) is 19.5 Å². The fourth-order valence-corrected chi connectivity index (χ4v) is 3.32. The van der Waals surface area contributed by atoms with Crippen LogP contribution in [0.15, 0.2) is 53.5 Å². The number of carbonyl (C=O) groups excluding carboxylic acids is 1. The Hall–Kier alpha value is -3.09. The number of nitrogens with one attached hydrogen (secondary N) is 1. The zero-order valence-corrected chi connectivity index (χ0v) is 14.3. The van der Waals surface area contributed by atoms with Gasteiger partial charge in [-0.1, -0.05) is 30.3 Å². The molecule has 0 spiro atoms. The van der Waals surface area contributed by atoms with E-state index in [4.69, 9.17) is 4.74 Å². The molecule has 0 bridgehead atoms. The first-order chi connectivity index (χ1) is 12.7. The minimum absolute atomic E-state index is 0.111. The van der Waals surface area contributed by atoms with Gasteiger partial charge in [0, 0.05) is 37.3 Å². The van der Waals surface area contributed by atoms with Crippen LogP contribution in [-0.4, -0.2) is 38.7 Å². The summed E-state index contributed by atoms with van der Waals surface area (Å²) in [5.74, 6) is 0.181. The van der Waals surface area contributed by atoms with Crippen molar-refractivity contribution in [2.24, 2.45) is 0 Å². The van der Waals surface area contributed by atoms with Gasteiger partial charge in [0.25, 0.3) is 5.56 Å². The first-order valence-electron chi connectivity index (χ1n) is 8.73. The second-order valence-electron chi connectivity index (χ2n) is 6.48. The summed E-state index contributed by atoms with van der Waals surface area (Å²) in [5, 5.41) is 2.84. The van der Waals surface area contributed by atoms with Crippen LogP contribution in [-0.2, 0) is 11.3 Å². The second-order valence-corrected chi connectivity index (χ2v) is 6.48. The van der Waals surface area contributed by atoms with Gasteiger partial charge in [-0.3, -0.25) is 9.89 Å². The molecule has 1 fully saturated rings. The Labute approximate surface area is 150 Å². The van der Waals surface area contributed by atoms with Crippen LogP contribution >= 0.6 is 0 Å². The molecule has 26 heavy (non-hydrogen) atoms. The van der Waals surface area contributed by atoms with Gasteiger partial charge in [-0.15, -0.1) is 0 Å². The molecule has 1 N–H and O–H groups in total. The van der Waals surface area contributed by atoms with Gasteiger partial charge in [0.1, 0.15) is 6.61 Å². The third-order valence-electron chi connectivity index (χ3n) is 4.78. The van der Waals surface area contributed by atoms with E-state index in [9.17, 15) is 9.59 Å². The van der Waals surface area contributed by atoms with Crippen LogP contribution in [0.4, 0.5) is 4.79 Å². The van der Waals surface area contributed by atoms with E-state index in [1.54, 1.807) is 23.2 Å². The number of piperidine rings is 1. The Morgan fingerprint density at radius 3 is 2.73 bits per heavy atom. The molecule has 3 heterocycles. The van der Waals surface area contributed by atoms with Crippen molar-refractivity contribution in [3.8, 4) is 0 Å². The fourth-order valence-electron chi connectivity index (χ4n) is 3.32. The van der Waals surface area contributed by atoms with Gasteiger partial charge < -0.3 is 9.64 Å². The number of amides is 1. The Bertz CT molecular complexity index is 956. The highest BCUT2D eigenvalue weighted by molar-refractivity contribution is 5.67. The molecule has 0 saturated carbocycles. The number of ether oxygens (including phenoxy) is 1. The summed E-state index contributed by atoms with van der Waals surface area (Å²) in [6, 6.07) is 13.0. The molecule has 7 heteroatoms. The molecule has 0 unspecified atom stereocenters. The summed E-state index contributed by atoms with van der Waals surface area (Å²) in [6.45, 7) is 1.49. The van der Waals surface area contributed by atoms with E-state index in [0.717, 1.165) is 24.1 Å². The molecule has 2 aromatic heterocycles. The van der Waals surface area contributed by atoms with Gasteiger partial charge in [-0.2, -0.15) is 0 Å². The van der Waals surface area contributed by atoms with Crippen LogP contribution in [0, 0.1) is 0 Å². The van der Waals surface area contributed by atoms with Crippen LogP contribution in [0.5, 0.6) is 0 Å². The van der Waals surface area contributed by atoms with Crippen molar-refractivity contribution >= 4 is 11.7 Å². The lowest BCUT2D eigenvalue weighted by atomic mass is 9.93. The van der Waals surface area contributed by atoms with E-state index < -0.39 is 0 Å². The first kappa shape index (κ1) is 16.4. The summed E-state index contributed by atoms with van der Waals surface area (Å²) in [6.07, 6.45) is 2.95. The van der Waals surface area contributed by atoms with Crippen molar-refractivity contribution < 1.29 is 9.53 Å². The number of rotatable bonds is 3. The molecule has 1 saturated heterocycles. The van der Waals surface area contributed by atoms with Gasteiger partial charge in [0.2, 0.25) is 0 Å². The van der Waals surface area contributed by atoms with E-state index in [1.165, 1.54) is 4.52 Å². The predicted molar refractivity (Wildman–Crippen MR) is 96.0 cm³/mol. The van der Waals surface area contributed by atoms with Crippen LogP contribution in [0.25, 0.3) is 5.65 Å². The SMILES string of the molecule is O=C(OCc1ccccc1)N1CCC(c2cc(=O)n3[nH]ccc3n2)CC1. The number of fused-ring (bicyclic) bond motifs is 1. The zero-order chi connectivity index (χ0) is 17.9. The van der Waals surface area contributed by atoms with Crippen molar-refractivity contribution in [2.75, 3.05) is 13.1 Å². The third-order valence-corrected chi connectivity index (χ3v) is 4.78. The minimum Gasteiger partial charge on any atom is -0.445 e. The number of H-pyrrole nitrogens is 1. The molecule has 1 aliphatic rings. The fraction of sp³-hybridized carbons (Fsp3) is 0.316. The summed E-state index contributed by atoms with van der Waals surface area (Å²) >= 11 is 0. The lowest BCUT2D eigenvalue weighted by Crippen LogP contribution is -2.38. The van der Waals surface area contributed by atoms with E-state index in [2.05, 4.69) is 10.1 Å². The molecule has 1 aliphatic heterocycles. The topological polar surface area (TPSA) is 79.7 Å². The maximum absolute atomic E-state index is 12.2. The quantitative estimate of drug-likeness (QED) is 0.786. The van der Waals surface area contributed by atoms with E-state index in [0.29, 0.717) is 18.7 Å². The van der Waals surface area contributed by atoms with Crippen molar-refractivity contribution in [3.05, 3.63) is 70.3 Å². The number of benzene rings is 1. The highest BCUT2D eigenvalue weighted by Gasteiger charge is 2.26. The summed E-state index contributed by atoms with van der Waals surface area (Å²) in [4.78, 5) is 30.6. The zero-order valence-electron chi connectivity index (χ0n) is 14.3. The minimum atomic E-state index is -0.290. The number of hydrogen-bond donors (Lipinski definition) is 1. The molecule has 134 valence electrons. The van der Waals surface area contributed by atoms with Gasteiger partial charge in [-0.05, 0) is 18.4 Å². The van der Waals surface area contributed by atoms with Crippen LogP contribution in [0.3, 0.4) is 0 Å². The normalized spacial score (nSPS) is 15.3. The van der Waals surface area contributed by atoms with Crippen LogP contribution in [0.2, 0.25) is 0 Å². The summed E-state index contributed by atoms with van der Waals surface area (Å²) in [7, 11) is 0. The van der Waals surface area contributed by atoms with Crippen LogP contribution in [0.1, 0.15) is 30.0 Å². The van der Waals surface area contributed by atoms with E-state index in [-0.39, 0.29) is 24.2 Å². The maximum Gasteiger partial charge on any atom is 0.410 e. The largest absolute Gasteiger partial charge is 0.445 e. The van der Waals surface area contributed by atoms with Gasteiger partial charge >= 0.3 is 6.09 Å². The Morgan fingerprint density at radius 2 is 1.96 bits per heavy atom. The molecular formula is C19H20N4O3. The number of aromatic nitrogens is 3. The van der Waals surface area contributed by atoms with Gasteiger partial charge in [0.15, 0.2) is 5.65 Å². The second kappa shape index (κ2) is 7.03. The average molecular weight is 352 g/mol. The number of hydrogen-bond acceptors (Lipinski definition) is 4. The van der Waals surface area contributed by atoms with Crippen molar-refractivity contribution in [1.29, 1.82) is 0 Å². The highest BCUT2D eigenvalue weighted by Crippen LogP contribution is 2.26. The van der Waals surface area contributed by atoms with Crippen molar-refractivity contribution in [2.45, 2.75) is 25.4 Å². The molecule has 1 amide bonds. The Morgan fingerprint density at radius 1 is 1.19 bits per heavy atom. The number of carbonyl (C=O) groups is 1. The molecule has 1 aromatic carbocycles. The predicted octanol–water partition coefficient (Wildman–Crippen LogP) is 2.54. The van der Waals surface area contributed by atoms with Crippen molar-refractivity contribution in [3.63, 3.8) is 0 Å². The third kappa shape index (κ3) is 3.33. The smallest absolute Gasteiger partial charge is 0.410 e. The Kier molecular flexibility index (Phi) is 4.43. The van der Waals surface area contributed by atoms with Crippen LogP contribution < -0.4 is 5.56 Å². The van der Waals surface area contributed by atoms with Gasteiger partial charge in [-0.25, -0.2) is 14.3 Å². The molecule has 7 nitrogen and oxygen atoms in total. The molecule has 0 atom stereocenters. The maximum atomic E-state index is 12.2. The average Bonchev–Trinajstić information content (AvgIpc) is 3.16. The van der Waals surface area contributed by atoms with Gasteiger partial charge in [0.05, 0.1) is 5.69 Å². The number of aromatic amines is 1. The number of likely N-dealkylation sites (tertiary alicyclic amines) is 1. The highest BCUT2D eigenvalue weighted by atomic mass is 16.6. The number of nitrogens with zero attached hydrogens (tertiary/aromatic N) is 3. The lowest BCUT2D eigenvalue weighted by Gasteiger charge is -2.31. The Balaban J connectivity index is 1.35.